The van der Waals surface area contributed by atoms with Gasteiger partial charge in [0.2, 0.25) is 5.91 Å². The minimum atomic E-state index is -0.354. The van der Waals surface area contributed by atoms with Gasteiger partial charge in [0.15, 0.2) is 0 Å². The first-order chi connectivity index (χ1) is 10.2. The predicted octanol–water partition coefficient (Wildman–Crippen LogP) is 2.58. The van der Waals surface area contributed by atoms with Crippen LogP contribution in [0.1, 0.15) is 43.5 Å². The van der Waals surface area contributed by atoms with Gasteiger partial charge in [-0.1, -0.05) is 25.5 Å². The van der Waals surface area contributed by atoms with E-state index in [4.69, 9.17) is 4.74 Å². The van der Waals surface area contributed by atoms with Crippen LogP contribution in [0.4, 0.5) is 5.69 Å². The fourth-order valence-electron chi connectivity index (χ4n) is 1.83. The van der Waals surface area contributed by atoms with Crippen molar-refractivity contribution in [2.45, 2.75) is 33.1 Å². The van der Waals surface area contributed by atoms with Gasteiger partial charge in [0.25, 0.3) is 0 Å². The van der Waals surface area contributed by atoms with Crippen LogP contribution in [-0.4, -0.2) is 31.6 Å². The van der Waals surface area contributed by atoms with Crippen molar-refractivity contribution < 1.29 is 14.3 Å². The smallest absolute Gasteiger partial charge is 0.340 e. The van der Waals surface area contributed by atoms with E-state index in [2.05, 4.69) is 17.6 Å². The largest absolute Gasteiger partial charge is 0.462 e. The highest BCUT2D eigenvalue weighted by atomic mass is 16.5. The molecule has 0 aromatic heterocycles. The van der Waals surface area contributed by atoms with E-state index in [9.17, 15) is 9.59 Å². The van der Waals surface area contributed by atoms with Gasteiger partial charge >= 0.3 is 5.97 Å². The molecular weight excluding hydrogens is 268 g/mol. The van der Waals surface area contributed by atoms with Crippen LogP contribution in [0, 0.1) is 0 Å². The molecule has 21 heavy (non-hydrogen) atoms. The number of benzene rings is 1. The van der Waals surface area contributed by atoms with Crippen LogP contribution in [0.5, 0.6) is 0 Å². The Balaban J connectivity index is 2.45. The SMILES string of the molecule is CCCCNC(=O)CCNc1ccccc1C(=O)OCC. The van der Waals surface area contributed by atoms with E-state index in [-0.39, 0.29) is 11.9 Å². The van der Waals surface area contributed by atoms with Crippen LogP contribution in [0.25, 0.3) is 0 Å². The highest BCUT2D eigenvalue weighted by Crippen LogP contribution is 2.16. The third-order valence-electron chi connectivity index (χ3n) is 2.94. The molecule has 1 amide bonds. The molecule has 0 spiro atoms. The second-order valence-corrected chi connectivity index (χ2v) is 4.65. The summed E-state index contributed by atoms with van der Waals surface area (Å²) in [6, 6.07) is 7.14. The van der Waals surface area contributed by atoms with Gasteiger partial charge in [0, 0.05) is 25.2 Å². The number of anilines is 1. The van der Waals surface area contributed by atoms with Crippen molar-refractivity contribution >= 4 is 17.6 Å². The van der Waals surface area contributed by atoms with E-state index in [0.29, 0.717) is 30.8 Å². The van der Waals surface area contributed by atoms with E-state index < -0.39 is 0 Å². The average molecular weight is 292 g/mol. The summed E-state index contributed by atoms with van der Waals surface area (Å²) in [6.45, 7) is 5.39. The molecule has 1 rings (SSSR count). The van der Waals surface area contributed by atoms with Crippen LogP contribution in [0.2, 0.25) is 0 Å². The number of hydrogen-bond donors (Lipinski definition) is 2. The summed E-state index contributed by atoms with van der Waals surface area (Å²) >= 11 is 0. The number of esters is 1. The molecule has 0 unspecified atom stereocenters. The van der Waals surface area contributed by atoms with Crippen LogP contribution in [0.3, 0.4) is 0 Å². The lowest BCUT2D eigenvalue weighted by atomic mass is 10.1. The Morgan fingerprint density at radius 3 is 2.62 bits per heavy atom. The third-order valence-corrected chi connectivity index (χ3v) is 2.94. The third kappa shape index (κ3) is 6.29. The van der Waals surface area contributed by atoms with Crippen molar-refractivity contribution in [1.82, 2.24) is 5.32 Å². The Kier molecular flexibility index (Phi) is 7.94. The Hall–Kier alpha value is -2.04. The van der Waals surface area contributed by atoms with Crippen molar-refractivity contribution in [1.29, 1.82) is 0 Å². The monoisotopic (exact) mass is 292 g/mol. The summed E-state index contributed by atoms with van der Waals surface area (Å²) in [5.74, 6) is -0.336. The quantitative estimate of drug-likeness (QED) is 0.542. The molecule has 0 saturated heterocycles. The van der Waals surface area contributed by atoms with Gasteiger partial charge in [0.1, 0.15) is 0 Å². The molecule has 0 aliphatic rings. The maximum Gasteiger partial charge on any atom is 0.340 e. The molecule has 0 bridgehead atoms. The minimum absolute atomic E-state index is 0.0181. The maximum atomic E-state index is 11.8. The number of rotatable bonds is 9. The zero-order chi connectivity index (χ0) is 15.5. The van der Waals surface area contributed by atoms with Crippen molar-refractivity contribution in [3.05, 3.63) is 29.8 Å². The van der Waals surface area contributed by atoms with Crippen LogP contribution < -0.4 is 10.6 Å². The zero-order valence-corrected chi connectivity index (χ0v) is 12.8. The number of unbranched alkanes of at least 4 members (excludes halogenated alkanes) is 1. The topological polar surface area (TPSA) is 67.4 Å². The second kappa shape index (κ2) is 9.80. The van der Waals surface area contributed by atoms with E-state index in [1.807, 2.05) is 6.07 Å². The highest BCUT2D eigenvalue weighted by Gasteiger charge is 2.11. The second-order valence-electron chi connectivity index (χ2n) is 4.65. The Morgan fingerprint density at radius 1 is 1.14 bits per heavy atom. The Morgan fingerprint density at radius 2 is 1.90 bits per heavy atom. The molecule has 0 radical (unpaired) electrons. The number of nitrogens with one attached hydrogen (secondary N) is 2. The first-order valence-electron chi connectivity index (χ1n) is 7.45. The van der Waals surface area contributed by atoms with Gasteiger partial charge < -0.3 is 15.4 Å². The van der Waals surface area contributed by atoms with Gasteiger partial charge in [-0.15, -0.1) is 0 Å². The molecule has 1 aromatic rings. The number of carbonyl (C=O) groups is 2. The molecular formula is C16H24N2O3. The summed E-state index contributed by atoms with van der Waals surface area (Å²) in [5.41, 5.74) is 1.18. The normalized spacial score (nSPS) is 10.0. The molecule has 1 aromatic carbocycles. The highest BCUT2D eigenvalue weighted by molar-refractivity contribution is 5.95. The Bertz CT molecular complexity index is 461. The Labute approximate surface area is 126 Å². The minimum Gasteiger partial charge on any atom is -0.462 e. The van der Waals surface area contributed by atoms with Crippen molar-refractivity contribution in [2.75, 3.05) is 25.0 Å². The predicted molar refractivity (Wildman–Crippen MR) is 83.4 cm³/mol. The first kappa shape index (κ1) is 17.0. The van der Waals surface area contributed by atoms with Crippen LogP contribution in [0.15, 0.2) is 24.3 Å². The number of amides is 1. The number of ether oxygens (including phenoxy) is 1. The summed E-state index contributed by atoms with van der Waals surface area (Å²) in [4.78, 5) is 23.4. The number of para-hydroxylation sites is 1. The molecule has 5 heteroatoms. The summed E-state index contributed by atoms with van der Waals surface area (Å²) in [7, 11) is 0. The van der Waals surface area contributed by atoms with Crippen molar-refractivity contribution in [3.8, 4) is 0 Å². The fraction of sp³-hybridized carbons (Fsp3) is 0.500. The van der Waals surface area contributed by atoms with Gasteiger partial charge in [0.05, 0.1) is 12.2 Å². The lowest BCUT2D eigenvalue weighted by Gasteiger charge is -2.11. The molecule has 5 nitrogen and oxygen atoms in total. The number of carbonyl (C=O) groups excluding carboxylic acids is 2. The molecule has 0 saturated carbocycles. The van der Waals surface area contributed by atoms with Gasteiger partial charge in [-0.25, -0.2) is 4.79 Å². The van der Waals surface area contributed by atoms with Crippen LogP contribution >= 0.6 is 0 Å². The first-order valence-corrected chi connectivity index (χ1v) is 7.45. The standard InChI is InChI=1S/C16H24N2O3/c1-3-5-11-18-15(19)10-12-17-14-9-7-6-8-13(14)16(20)21-4-2/h6-9,17H,3-5,10-12H2,1-2H3,(H,18,19). The number of hydrogen-bond acceptors (Lipinski definition) is 4. The van der Waals surface area contributed by atoms with Gasteiger partial charge in [-0.3, -0.25) is 4.79 Å². The average Bonchev–Trinajstić information content (AvgIpc) is 2.48. The zero-order valence-electron chi connectivity index (χ0n) is 12.8. The molecule has 0 aliphatic heterocycles. The van der Waals surface area contributed by atoms with E-state index in [1.54, 1.807) is 25.1 Å². The van der Waals surface area contributed by atoms with Crippen LogP contribution in [-0.2, 0) is 9.53 Å². The van der Waals surface area contributed by atoms with E-state index >= 15 is 0 Å². The molecule has 2 N–H and O–H groups in total. The summed E-state index contributed by atoms with van der Waals surface area (Å²) < 4.78 is 5.00. The van der Waals surface area contributed by atoms with Crippen molar-refractivity contribution in [2.24, 2.45) is 0 Å². The molecule has 0 heterocycles. The lowest BCUT2D eigenvalue weighted by molar-refractivity contribution is -0.120. The van der Waals surface area contributed by atoms with Gasteiger partial charge in [-0.05, 0) is 25.5 Å². The molecule has 0 fully saturated rings. The summed E-state index contributed by atoms with van der Waals surface area (Å²) in [6.07, 6.45) is 2.43. The van der Waals surface area contributed by atoms with Gasteiger partial charge in [-0.2, -0.15) is 0 Å². The van der Waals surface area contributed by atoms with Crippen molar-refractivity contribution in [3.63, 3.8) is 0 Å². The van der Waals surface area contributed by atoms with E-state index in [1.165, 1.54) is 0 Å². The maximum absolute atomic E-state index is 11.8. The lowest BCUT2D eigenvalue weighted by Crippen LogP contribution is -2.26. The molecule has 0 atom stereocenters. The molecule has 116 valence electrons. The fourth-order valence-corrected chi connectivity index (χ4v) is 1.83. The van der Waals surface area contributed by atoms with E-state index in [0.717, 1.165) is 19.4 Å². The summed E-state index contributed by atoms with van der Waals surface area (Å²) in [5, 5.41) is 5.97. The molecule has 0 aliphatic carbocycles.